The molecule has 0 heterocycles. The van der Waals surface area contributed by atoms with Gasteiger partial charge >= 0.3 is 12.1 Å². The van der Waals surface area contributed by atoms with Gasteiger partial charge < -0.3 is 10.4 Å². The number of carboxylic acids is 1. The van der Waals surface area contributed by atoms with Crippen LogP contribution in [-0.2, 0) is 9.59 Å². The highest BCUT2D eigenvalue weighted by atomic mass is 19.4. The van der Waals surface area contributed by atoms with E-state index in [4.69, 9.17) is 5.11 Å². The molecule has 2 rings (SSSR count). The monoisotopic (exact) mass is 307 g/mol. The number of carbonyl (C=O) groups excluding carboxylic acids is 1. The average molecular weight is 307 g/mol. The van der Waals surface area contributed by atoms with E-state index >= 15 is 0 Å². The van der Waals surface area contributed by atoms with Crippen LogP contribution in [0, 0.1) is 17.8 Å². The van der Waals surface area contributed by atoms with E-state index in [0.29, 0.717) is 25.7 Å². The van der Waals surface area contributed by atoms with Gasteiger partial charge in [-0.2, -0.15) is 13.2 Å². The van der Waals surface area contributed by atoms with Crippen LogP contribution in [0.5, 0.6) is 0 Å². The van der Waals surface area contributed by atoms with Crippen molar-refractivity contribution in [2.45, 2.75) is 57.2 Å². The Hall–Kier alpha value is -1.27. The van der Waals surface area contributed by atoms with Crippen molar-refractivity contribution in [3.05, 3.63) is 0 Å². The third-order valence-corrected chi connectivity index (χ3v) is 4.64. The molecule has 2 saturated carbocycles. The number of hydrogen-bond acceptors (Lipinski definition) is 2. The summed E-state index contributed by atoms with van der Waals surface area (Å²) in [7, 11) is 0. The number of amides is 1. The van der Waals surface area contributed by atoms with Crippen LogP contribution in [0.2, 0.25) is 0 Å². The highest BCUT2D eigenvalue weighted by Crippen LogP contribution is 2.38. The molecule has 0 radical (unpaired) electrons. The fourth-order valence-electron chi connectivity index (χ4n) is 3.38. The molecular formula is C14H20F3NO3. The first-order chi connectivity index (χ1) is 9.77. The van der Waals surface area contributed by atoms with Gasteiger partial charge in [0, 0.05) is 12.0 Å². The lowest BCUT2D eigenvalue weighted by atomic mass is 9.85. The summed E-state index contributed by atoms with van der Waals surface area (Å²) in [5.74, 6) is -3.41. The van der Waals surface area contributed by atoms with Crippen LogP contribution in [0.1, 0.15) is 44.9 Å². The molecular weight excluding hydrogens is 287 g/mol. The molecule has 2 fully saturated rings. The summed E-state index contributed by atoms with van der Waals surface area (Å²) in [5, 5.41) is 11.6. The maximum absolute atomic E-state index is 12.7. The minimum atomic E-state index is -4.20. The molecule has 0 aromatic carbocycles. The molecule has 2 N–H and O–H groups in total. The van der Waals surface area contributed by atoms with E-state index in [0.717, 1.165) is 0 Å². The minimum Gasteiger partial charge on any atom is -0.481 e. The summed E-state index contributed by atoms with van der Waals surface area (Å²) < 4.78 is 38.1. The normalized spacial score (nSPS) is 33.7. The second-order valence-corrected chi connectivity index (χ2v) is 6.16. The van der Waals surface area contributed by atoms with Crippen molar-refractivity contribution in [3.8, 4) is 0 Å². The van der Waals surface area contributed by atoms with Crippen LogP contribution in [0.25, 0.3) is 0 Å². The highest BCUT2D eigenvalue weighted by molar-refractivity contribution is 5.81. The molecule has 0 bridgehead atoms. The first kappa shape index (κ1) is 16.1. The Morgan fingerprint density at radius 3 is 2.24 bits per heavy atom. The maximum atomic E-state index is 12.7. The number of carboxylic acid groups (broad SMARTS) is 1. The van der Waals surface area contributed by atoms with E-state index in [1.54, 1.807) is 0 Å². The SMILES string of the molecule is O=C(O)[C@H]1CC[C@@H](C(=O)NC2CCCC(C(F)(F)F)C2)C1. The number of halogens is 3. The summed E-state index contributed by atoms with van der Waals surface area (Å²) in [6.07, 6.45) is -1.88. The molecule has 4 nitrogen and oxygen atoms in total. The van der Waals surface area contributed by atoms with Crippen molar-refractivity contribution in [1.29, 1.82) is 0 Å². The van der Waals surface area contributed by atoms with Gasteiger partial charge in [-0.15, -0.1) is 0 Å². The standard InChI is InChI=1S/C14H20F3NO3/c15-14(16,17)10-2-1-3-11(7-10)18-12(19)8-4-5-9(6-8)13(20)21/h8-11H,1-7H2,(H,18,19)(H,20,21)/t8-,9+,10?,11?/m1/s1. The van der Waals surface area contributed by atoms with Gasteiger partial charge in [-0.05, 0) is 38.5 Å². The summed E-state index contributed by atoms with van der Waals surface area (Å²) in [4.78, 5) is 22.9. The zero-order valence-electron chi connectivity index (χ0n) is 11.7. The lowest BCUT2D eigenvalue weighted by Crippen LogP contribution is -2.43. The van der Waals surface area contributed by atoms with E-state index in [-0.39, 0.29) is 31.1 Å². The van der Waals surface area contributed by atoms with E-state index in [9.17, 15) is 22.8 Å². The van der Waals surface area contributed by atoms with Gasteiger partial charge in [0.25, 0.3) is 0 Å². The van der Waals surface area contributed by atoms with Crippen molar-refractivity contribution in [2.75, 3.05) is 0 Å². The van der Waals surface area contributed by atoms with Gasteiger partial charge in [-0.1, -0.05) is 6.42 Å². The molecule has 0 aliphatic heterocycles. The molecule has 4 atom stereocenters. The summed E-state index contributed by atoms with van der Waals surface area (Å²) in [6.45, 7) is 0. The Morgan fingerprint density at radius 1 is 1.00 bits per heavy atom. The Morgan fingerprint density at radius 2 is 1.67 bits per heavy atom. The van der Waals surface area contributed by atoms with Crippen LogP contribution < -0.4 is 5.32 Å². The van der Waals surface area contributed by atoms with Gasteiger partial charge in [0.15, 0.2) is 0 Å². The Bertz CT molecular complexity index is 411. The Kier molecular flexibility index (Phi) is 4.78. The van der Waals surface area contributed by atoms with Crippen molar-refractivity contribution in [1.82, 2.24) is 5.32 Å². The van der Waals surface area contributed by atoms with Gasteiger partial charge in [0.1, 0.15) is 0 Å². The largest absolute Gasteiger partial charge is 0.481 e. The molecule has 120 valence electrons. The second-order valence-electron chi connectivity index (χ2n) is 6.16. The van der Waals surface area contributed by atoms with Gasteiger partial charge in [0.05, 0.1) is 11.8 Å². The summed E-state index contributed by atoms with van der Waals surface area (Å²) in [5.41, 5.74) is 0. The zero-order chi connectivity index (χ0) is 15.6. The number of nitrogens with one attached hydrogen (secondary N) is 1. The quantitative estimate of drug-likeness (QED) is 0.842. The molecule has 2 aliphatic rings. The Balaban J connectivity index is 1.84. The van der Waals surface area contributed by atoms with Gasteiger partial charge in [-0.25, -0.2) is 0 Å². The van der Waals surface area contributed by atoms with E-state index < -0.39 is 30.0 Å². The van der Waals surface area contributed by atoms with Crippen molar-refractivity contribution >= 4 is 11.9 Å². The number of rotatable bonds is 3. The molecule has 0 aromatic heterocycles. The van der Waals surface area contributed by atoms with Crippen molar-refractivity contribution in [2.24, 2.45) is 17.8 Å². The topological polar surface area (TPSA) is 66.4 Å². The van der Waals surface area contributed by atoms with Crippen LogP contribution in [0.4, 0.5) is 13.2 Å². The predicted molar refractivity (Wildman–Crippen MR) is 68.4 cm³/mol. The number of alkyl halides is 3. The van der Waals surface area contributed by atoms with Gasteiger partial charge in [0.2, 0.25) is 5.91 Å². The zero-order valence-corrected chi connectivity index (χ0v) is 11.7. The fraction of sp³-hybridized carbons (Fsp3) is 0.857. The lowest BCUT2D eigenvalue weighted by molar-refractivity contribution is -0.184. The van der Waals surface area contributed by atoms with Gasteiger partial charge in [-0.3, -0.25) is 9.59 Å². The van der Waals surface area contributed by atoms with E-state index in [1.165, 1.54) is 0 Å². The van der Waals surface area contributed by atoms with Crippen LogP contribution >= 0.6 is 0 Å². The number of hydrogen-bond donors (Lipinski definition) is 2. The second kappa shape index (κ2) is 6.23. The molecule has 21 heavy (non-hydrogen) atoms. The third-order valence-electron chi connectivity index (χ3n) is 4.64. The minimum absolute atomic E-state index is 0.0652. The molecule has 2 unspecified atom stereocenters. The van der Waals surface area contributed by atoms with E-state index in [2.05, 4.69) is 5.32 Å². The van der Waals surface area contributed by atoms with Crippen LogP contribution in [-0.4, -0.2) is 29.2 Å². The Labute approximate surface area is 121 Å². The predicted octanol–water partition coefficient (Wildman–Crippen LogP) is 2.72. The van der Waals surface area contributed by atoms with Crippen LogP contribution in [0.3, 0.4) is 0 Å². The molecule has 0 spiro atoms. The van der Waals surface area contributed by atoms with Crippen molar-refractivity contribution < 1.29 is 27.9 Å². The molecule has 7 heteroatoms. The fourth-order valence-corrected chi connectivity index (χ4v) is 3.38. The van der Waals surface area contributed by atoms with Crippen LogP contribution in [0.15, 0.2) is 0 Å². The molecule has 1 amide bonds. The highest BCUT2D eigenvalue weighted by Gasteiger charge is 2.43. The van der Waals surface area contributed by atoms with E-state index in [1.807, 2.05) is 0 Å². The first-order valence-corrected chi connectivity index (χ1v) is 7.37. The number of aliphatic carboxylic acids is 1. The van der Waals surface area contributed by atoms with Crippen molar-refractivity contribution in [3.63, 3.8) is 0 Å². The maximum Gasteiger partial charge on any atom is 0.391 e. The molecule has 0 saturated heterocycles. The molecule has 2 aliphatic carbocycles. The lowest BCUT2D eigenvalue weighted by Gasteiger charge is -2.31. The first-order valence-electron chi connectivity index (χ1n) is 7.37. The summed E-state index contributed by atoms with van der Waals surface area (Å²) in [6, 6.07) is -0.443. The molecule has 0 aromatic rings. The average Bonchev–Trinajstić information content (AvgIpc) is 2.88. The third kappa shape index (κ3) is 4.11. The summed E-state index contributed by atoms with van der Waals surface area (Å²) >= 11 is 0. The smallest absolute Gasteiger partial charge is 0.391 e. The number of carbonyl (C=O) groups is 2.